The van der Waals surface area contributed by atoms with Gasteiger partial charge < -0.3 is 14.5 Å². The fourth-order valence-corrected chi connectivity index (χ4v) is 3.76. The van der Waals surface area contributed by atoms with Crippen molar-refractivity contribution in [3.8, 4) is 17.2 Å². The number of hydrogen-bond acceptors (Lipinski definition) is 4. The third kappa shape index (κ3) is 3.64. The van der Waals surface area contributed by atoms with Crippen LogP contribution < -0.4 is 10.1 Å². The Kier molecular flexibility index (Phi) is 5.22. The van der Waals surface area contributed by atoms with Gasteiger partial charge in [0, 0.05) is 5.69 Å². The molecule has 1 aromatic heterocycles. The van der Waals surface area contributed by atoms with E-state index in [4.69, 9.17) is 20.8 Å². The Hall–Kier alpha value is -3.31. The van der Waals surface area contributed by atoms with Gasteiger partial charge in [-0.05, 0) is 67.8 Å². The third-order valence-electron chi connectivity index (χ3n) is 4.94. The van der Waals surface area contributed by atoms with Crippen molar-refractivity contribution in [3.63, 3.8) is 0 Å². The number of hydrogen-bond donors (Lipinski definition) is 1. The summed E-state index contributed by atoms with van der Waals surface area (Å²) >= 11 is 6.42. The SMILES string of the molecule is COc1c(C)cccc1C(=O)Nc1ccc(Cl)c(-c2nc3cc(C)cc(C)c3o2)c1. The van der Waals surface area contributed by atoms with Gasteiger partial charge >= 0.3 is 0 Å². The molecule has 0 radical (unpaired) electrons. The summed E-state index contributed by atoms with van der Waals surface area (Å²) in [6.07, 6.45) is 0. The van der Waals surface area contributed by atoms with E-state index in [9.17, 15) is 4.79 Å². The minimum absolute atomic E-state index is 0.271. The average Bonchev–Trinajstić information content (AvgIpc) is 3.13. The van der Waals surface area contributed by atoms with Crippen LogP contribution in [0.1, 0.15) is 27.0 Å². The number of ether oxygens (including phenoxy) is 1. The molecule has 0 fully saturated rings. The quantitative estimate of drug-likeness (QED) is 0.418. The molecule has 0 aliphatic carbocycles. The lowest BCUT2D eigenvalue weighted by molar-refractivity contribution is 0.102. The first-order chi connectivity index (χ1) is 14.4. The van der Waals surface area contributed by atoms with Crippen LogP contribution in [0.2, 0.25) is 5.02 Å². The largest absolute Gasteiger partial charge is 0.496 e. The summed E-state index contributed by atoms with van der Waals surface area (Å²) in [7, 11) is 1.55. The van der Waals surface area contributed by atoms with Gasteiger partial charge in [-0.2, -0.15) is 0 Å². The van der Waals surface area contributed by atoms with Crippen LogP contribution in [-0.4, -0.2) is 18.0 Å². The van der Waals surface area contributed by atoms with Gasteiger partial charge in [0.05, 0.1) is 23.3 Å². The number of halogens is 1. The molecule has 4 aromatic rings. The van der Waals surface area contributed by atoms with Crippen LogP contribution >= 0.6 is 11.6 Å². The third-order valence-corrected chi connectivity index (χ3v) is 5.26. The second kappa shape index (κ2) is 7.84. The maximum atomic E-state index is 12.8. The van der Waals surface area contributed by atoms with Crippen LogP contribution in [0.4, 0.5) is 5.69 Å². The number of oxazole rings is 1. The number of anilines is 1. The summed E-state index contributed by atoms with van der Waals surface area (Å²) in [4.78, 5) is 17.4. The first-order valence-corrected chi connectivity index (χ1v) is 9.88. The lowest BCUT2D eigenvalue weighted by Gasteiger charge is -2.12. The van der Waals surface area contributed by atoms with Crippen molar-refractivity contribution < 1.29 is 13.9 Å². The number of nitrogens with one attached hydrogen (secondary N) is 1. The summed E-state index contributed by atoms with van der Waals surface area (Å²) in [5.74, 6) is 0.690. The van der Waals surface area contributed by atoms with E-state index in [-0.39, 0.29) is 5.91 Å². The fraction of sp³-hybridized carbons (Fsp3) is 0.167. The highest BCUT2D eigenvalue weighted by atomic mass is 35.5. The maximum absolute atomic E-state index is 12.8. The molecule has 0 aliphatic heterocycles. The zero-order valence-corrected chi connectivity index (χ0v) is 17.9. The molecule has 0 bridgehead atoms. The van der Waals surface area contributed by atoms with E-state index in [1.807, 2.05) is 45.0 Å². The highest BCUT2D eigenvalue weighted by Crippen LogP contribution is 2.34. The van der Waals surface area contributed by atoms with E-state index in [0.29, 0.717) is 33.5 Å². The number of rotatable bonds is 4. The molecule has 4 rings (SSSR count). The second-order valence-electron chi connectivity index (χ2n) is 7.25. The number of para-hydroxylation sites is 1. The first-order valence-electron chi connectivity index (χ1n) is 9.50. The number of nitrogens with zero attached hydrogens (tertiary/aromatic N) is 1. The minimum Gasteiger partial charge on any atom is -0.496 e. The van der Waals surface area contributed by atoms with Crippen LogP contribution in [-0.2, 0) is 0 Å². The summed E-state index contributed by atoms with van der Waals surface area (Å²) in [6, 6.07) is 14.7. The van der Waals surface area contributed by atoms with Crippen molar-refractivity contribution in [2.24, 2.45) is 0 Å². The number of amides is 1. The molecular formula is C24H21ClN2O3. The molecule has 1 amide bonds. The Morgan fingerprint density at radius 1 is 1.07 bits per heavy atom. The molecule has 30 heavy (non-hydrogen) atoms. The highest BCUT2D eigenvalue weighted by molar-refractivity contribution is 6.33. The fourth-order valence-electron chi connectivity index (χ4n) is 3.56. The molecule has 0 saturated heterocycles. The van der Waals surface area contributed by atoms with Gasteiger partial charge in [-0.3, -0.25) is 4.79 Å². The normalized spacial score (nSPS) is 11.0. The molecule has 0 saturated carbocycles. The molecule has 1 N–H and O–H groups in total. The van der Waals surface area contributed by atoms with Crippen molar-refractivity contribution in [2.75, 3.05) is 12.4 Å². The Morgan fingerprint density at radius 2 is 1.87 bits per heavy atom. The highest BCUT2D eigenvalue weighted by Gasteiger charge is 2.17. The van der Waals surface area contributed by atoms with E-state index in [1.54, 1.807) is 31.4 Å². The van der Waals surface area contributed by atoms with Crippen molar-refractivity contribution in [1.82, 2.24) is 4.98 Å². The van der Waals surface area contributed by atoms with Crippen LogP contribution in [0.3, 0.4) is 0 Å². The van der Waals surface area contributed by atoms with Crippen LogP contribution in [0.25, 0.3) is 22.6 Å². The predicted octanol–water partition coefficient (Wildman–Crippen LogP) is 6.33. The first kappa shape index (κ1) is 20.0. The second-order valence-corrected chi connectivity index (χ2v) is 7.66. The van der Waals surface area contributed by atoms with Crippen LogP contribution in [0.15, 0.2) is 52.9 Å². The lowest BCUT2D eigenvalue weighted by Crippen LogP contribution is -2.13. The molecule has 1 heterocycles. The Morgan fingerprint density at radius 3 is 2.63 bits per heavy atom. The summed E-state index contributed by atoms with van der Waals surface area (Å²) in [5, 5.41) is 3.39. The van der Waals surface area contributed by atoms with E-state index in [1.165, 1.54) is 0 Å². The van der Waals surface area contributed by atoms with Gasteiger partial charge in [-0.15, -0.1) is 0 Å². The zero-order chi connectivity index (χ0) is 21.4. The molecular weight excluding hydrogens is 400 g/mol. The van der Waals surface area contributed by atoms with Gasteiger partial charge in [0.2, 0.25) is 5.89 Å². The summed E-state index contributed by atoms with van der Waals surface area (Å²) < 4.78 is 11.4. The Bertz CT molecular complexity index is 1280. The van der Waals surface area contributed by atoms with Gasteiger partial charge in [-0.1, -0.05) is 29.8 Å². The number of carbonyl (C=O) groups is 1. The average molecular weight is 421 g/mol. The Labute approximate surface area is 179 Å². The molecule has 0 spiro atoms. The van der Waals surface area contributed by atoms with E-state index in [0.717, 1.165) is 27.8 Å². The summed E-state index contributed by atoms with van der Waals surface area (Å²) in [5.41, 5.74) is 6.16. The number of benzene rings is 3. The summed E-state index contributed by atoms with van der Waals surface area (Å²) in [6.45, 7) is 5.90. The topological polar surface area (TPSA) is 64.4 Å². The Balaban J connectivity index is 1.70. The zero-order valence-electron chi connectivity index (χ0n) is 17.2. The standard InChI is InChI=1S/C24H21ClN2O3/c1-13-10-15(3)22-20(11-13)27-24(30-22)18-12-16(8-9-19(18)25)26-23(28)17-7-5-6-14(2)21(17)29-4/h5-12H,1-4H3,(H,26,28). The van der Waals surface area contributed by atoms with Gasteiger partial charge in [0.1, 0.15) is 11.3 Å². The van der Waals surface area contributed by atoms with Gasteiger partial charge in [0.25, 0.3) is 5.91 Å². The predicted molar refractivity (Wildman–Crippen MR) is 120 cm³/mol. The molecule has 6 heteroatoms. The number of carbonyl (C=O) groups excluding carboxylic acids is 1. The molecule has 3 aromatic carbocycles. The van der Waals surface area contributed by atoms with Crippen molar-refractivity contribution in [2.45, 2.75) is 20.8 Å². The maximum Gasteiger partial charge on any atom is 0.259 e. The van der Waals surface area contributed by atoms with Crippen molar-refractivity contribution in [3.05, 3.63) is 75.8 Å². The lowest BCUT2D eigenvalue weighted by atomic mass is 10.1. The van der Waals surface area contributed by atoms with E-state index in [2.05, 4.69) is 10.3 Å². The van der Waals surface area contributed by atoms with Gasteiger partial charge in [-0.25, -0.2) is 4.98 Å². The minimum atomic E-state index is -0.271. The number of fused-ring (bicyclic) bond motifs is 1. The molecule has 0 atom stereocenters. The molecule has 0 aliphatic rings. The van der Waals surface area contributed by atoms with E-state index < -0.39 is 0 Å². The van der Waals surface area contributed by atoms with Crippen LogP contribution in [0.5, 0.6) is 5.75 Å². The molecule has 5 nitrogen and oxygen atoms in total. The van der Waals surface area contributed by atoms with E-state index >= 15 is 0 Å². The number of aryl methyl sites for hydroxylation is 3. The monoisotopic (exact) mass is 420 g/mol. The molecule has 0 unspecified atom stereocenters. The van der Waals surface area contributed by atoms with Crippen LogP contribution in [0, 0.1) is 20.8 Å². The van der Waals surface area contributed by atoms with Crippen molar-refractivity contribution >= 4 is 34.3 Å². The number of methoxy groups -OCH3 is 1. The van der Waals surface area contributed by atoms with Crippen molar-refractivity contribution in [1.29, 1.82) is 0 Å². The molecule has 152 valence electrons. The van der Waals surface area contributed by atoms with Gasteiger partial charge in [0.15, 0.2) is 5.58 Å². The smallest absolute Gasteiger partial charge is 0.259 e. The number of aromatic nitrogens is 1.